The van der Waals surface area contributed by atoms with Gasteiger partial charge in [-0.05, 0) is 43.6 Å². The van der Waals surface area contributed by atoms with E-state index in [1.54, 1.807) is 23.7 Å². The molecule has 0 amide bonds. The van der Waals surface area contributed by atoms with E-state index in [4.69, 9.17) is 11.6 Å². The molecule has 164 valence electrons. The summed E-state index contributed by atoms with van der Waals surface area (Å²) in [6.07, 6.45) is 3.71. The van der Waals surface area contributed by atoms with E-state index in [0.29, 0.717) is 6.54 Å². The predicted molar refractivity (Wildman–Crippen MR) is 126 cm³/mol. The summed E-state index contributed by atoms with van der Waals surface area (Å²) in [5, 5.41) is 7.60. The molecule has 0 spiro atoms. The average Bonchev–Trinajstić information content (AvgIpc) is 2.76. The molecule has 0 bridgehead atoms. The van der Waals surface area contributed by atoms with Crippen LogP contribution < -0.4 is 16.2 Å². The summed E-state index contributed by atoms with van der Waals surface area (Å²) in [6, 6.07) is 13.4. The van der Waals surface area contributed by atoms with Crippen LogP contribution in [-0.4, -0.2) is 48.7 Å². The Kier molecular flexibility index (Phi) is 10.5. The highest BCUT2D eigenvalue weighted by atomic mass is 35.5. The van der Waals surface area contributed by atoms with Gasteiger partial charge in [-0.3, -0.25) is 14.7 Å². The number of nitrogens with one attached hydrogen (secondary N) is 2. The molecule has 0 saturated heterocycles. The van der Waals surface area contributed by atoms with Gasteiger partial charge in [-0.1, -0.05) is 49.7 Å². The Labute approximate surface area is 185 Å². The molecule has 1 unspecified atom stereocenters. The van der Waals surface area contributed by atoms with Gasteiger partial charge in [-0.2, -0.15) is 0 Å². The fraction of sp³-hybridized carbons (Fsp3) is 0.478. The maximum Gasteiger partial charge on any atom is 0.250 e. The quantitative estimate of drug-likeness (QED) is 0.324. The second-order valence-electron chi connectivity index (χ2n) is 7.08. The van der Waals surface area contributed by atoms with Gasteiger partial charge in [-0.15, -0.1) is 0 Å². The van der Waals surface area contributed by atoms with E-state index in [9.17, 15) is 4.79 Å². The van der Waals surface area contributed by atoms with Crippen molar-refractivity contribution < 1.29 is 0 Å². The molecule has 2 N–H and O–H groups in total. The maximum absolute atomic E-state index is 11.7. The Morgan fingerprint density at radius 2 is 1.83 bits per heavy atom. The number of pyridine rings is 1. The molecule has 7 heteroatoms. The Morgan fingerprint density at radius 3 is 2.50 bits per heavy atom. The first-order valence-electron chi connectivity index (χ1n) is 10.7. The molecule has 1 aromatic heterocycles. The number of guanidine groups is 1. The lowest BCUT2D eigenvalue weighted by Gasteiger charge is -2.31. The summed E-state index contributed by atoms with van der Waals surface area (Å²) < 4.78 is 1.74. The Bertz CT molecular complexity index is 847. The van der Waals surface area contributed by atoms with E-state index < -0.39 is 0 Å². The molecular formula is C23H34ClN5O. The van der Waals surface area contributed by atoms with Crippen molar-refractivity contribution in [3.8, 4) is 0 Å². The molecular weight excluding hydrogens is 398 g/mol. The largest absolute Gasteiger partial charge is 0.356 e. The van der Waals surface area contributed by atoms with Crippen LogP contribution >= 0.6 is 11.6 Å². The van der Waals surface area contributed by atoms with Crippen molar-refractivity contribution in [3.05, 3.63) is 69.6 Å². The number of halogens is 1. The van der Waals surface area contributed by atoms with Crippen LogP contribution in [0.1, 0.15) is 38.3 Å². The highest BCUT2D eigenvalue weighted by Gasteiger charge is 2.20. The van der Waals surface area contributed by atoms with Crippen molar-refractivity contribution in [1.29, 1.82) is 0 Å². The minimum atomic E-state index is 0.0463. The number of unbranched alkanes of at least 4 members (excludes halogenated alkanes) is 1. The summed E-state index contributed by atoms with van der Waals surface area (Å²) in [7, 11) is 1.78. The topological polar surface area (TPSA) is 61.7 Å². The van der Waals surface area contributed by atoms with E-state index >= 15 is 0 Å². The van der Waals surface area contributed by atoms with E-state index in [2.05, 4.69) is 40.4 Å². The van der Waals surface area contributed by atoms with Crippen molar-refractivity contribution >= 4 is 17.6 Å². The Hall–Kier alpha value is -2.31. The first kappa shape index (κ1) is 24.0. The molecule has 0 aliphatic heterocycles. The number of aryl methyl sites for hydroxylation is 1. The molecule has 0 saturated carbocycles. The molecule has 2 rings (SSSR count). The van der Waals surface area contributed by atoms with Gasteiger partial charge in [0.1, 0.15) is 0 Å². The van der Waals surface area contributed by atoms with Gasteiger partial charge in [0, 0.05) is 44.0 Å². The fourth-order valence-corrected chi connectivity index (χ4v) is 3.78. The van der Waals surface area contributed by atoms with Crippen LogP contribution in [0.2, 0.25) is 5.02 Å². The summed E-state index contributed by atoms with van der Waals surface area (Å²) in [4.78, 5) is 18.5. The lowest BCUT2D eigenvalue weighted by Crippen LogP contribution is -2.43. The second kappa shape index (κ2) is 13.1. The van der Waals surface area contributed by atoms with Crippen LogP contribution in [0.25, 0.3) is 0 Å². The normalized spacial score (nSPS) is 12.8. The predicted octanol–water partition coefficient (Wildman–Crippen LogP) is 3.53. The number of hydrogen-bond acceptors (Lipinski definition) is 3. The molecule has 1 aromatic carbocycles. The van der Waals surface area contributed by atoms with E-state index in [1.807, 2.05) is 30.5 Å². The molecule has 0 aliphatic carbocycles. The average molecular weight is 432 g/mol. The van der Waals surface area contributed by atoms with Crippen molar-refractivity contribution in [2.45, 2.75) is 39.3 Å². The van der Waals surface area contributed by atoms with Gasteiger partial charge < -0.3 is 15.2 Å². The lowest BCUT2D eigenvalue weighted by atomic mass is 10.0. The smallest absolute Gasteiger partial charge is 0.250 e. The highest BCUT2D eigenvalue weighted by Crippen LogP contribution is 2.26. The third-order valence-electron chi connectivity index (χ3n) is 5.22. The number of likely N-dealkylation sites (N-methyl/N-ethyl adjacent to an activating group) is 1. The van der Waals surface area contributed by atoms with Crippen molar-refractivity contribution in [3.63, 3.8) is 0 Å². The van der Waals surface area contributed by atoms with Crippen LogP contribution in [0.5, 0.6) is 0 Å². The van der Waals surface area contributed by atoms with Crippen molar-refractivity contribution in [2.75, 3.05) is 33.2 Å². The Balaban J connectivity index is 1.85. The maximum atomic E-state index is 11.7. The number of aromatic nitrogens is 1. The standard InChI is InChI=1S/C23H34ClN5O/c1-4-28(5-2)21(19-12-6-7-13-20(19)24)18-27-23(25-3)26-15-9-11-17-29-16-10-8-14-22(29)30/h6-8,10,12-14,16,21H,4-5,9,11,15,17-18H2,1-3H3,(H2,25,26,27). The minimum absolute atomic E-state index is 0.0463. The summed E-state index contributed by atoms with van der Waals surface area (Å²) in [6.45, 7) is 8.45. The van der Waals surface area contributed by atoms with Crippen LogP contribution in [0.15, 0.2) is 58.4 Å². The zero-order valence-electron chi connectivity index (χ0n) is 18.3. The Morgan fingerprint density at radius 1 is 1.10 bits per heavy atom. The van der Waals surface area contributed by atoms with Gasteiger partial charge in [0.2, 0.25) is 5.56 Å². The molecule has 30 heavy (non-hydrogen) atoms. The molecule has 0 aliphatic rings. The van der Waals surface area contributed by atoms with Crippen LogP contribution in [0, 0.1) is 0 Å². The van der Waals surface area contributed by atoms with Gasteiger partial charge in [0.05, 0.1) is 6.04 Å². The second-order valence-corrected chi connectivity index (χ2v) is 7.48. The first-order chi connectivity index (χ1) is 14.6. The summed E-state index contributed by atoms with van der Waals surface area (Å²) >= 11 is 6.48. The minimum Gasteiger partial charge on any atom is -0.356 e. The summed E-state index contributed by atoms with van der Waals surface area (Å²) in [5.41, 5.74) is 1.17. The first-order valence-corrected chi connectivity index (χ1v) is 11.1. The van der Waals surface area contributed by atoms with E-state index in [1.165, 1.54) is 0 Å². The molecule has 0 radical (unpaired) electrons. The lowest BCUT2D eigenvalue weighted by molar-refractivity contribution is 0.219. The molecule has 1 heterocycles. The van der Waals surface area contributed by atoms with E-state index in [0.717, 1.165) is 55.6 Å². The van der Waals surface area contributed by atoms with Crippen LogP contribution in [0.4, 0.5) is 0 Å². The van der Waals surface area contributed by atoms with Gasteiger partial charge in [0.25, 0.3) is 0 Å². The zero-order valence-corrected chi connectivity index (χ0v) is 19.0. The number of hydrogen-bond donors (Lipinski definition) is 2. The highest BCUT2D eigenvalue weighted by molar-refractivity contribution is 6.31. The third kappa shape index (κ3) is 7.18. The number of nitrogens with zero attached hydrogens (tertiary/aromatic N) is 3. The molecule has 6 nitrogen and oxygen atoms in total. The van der Waals surface area contributed by atoms with Gasteiger partial charge in [0.15, 0.2) is 5.96 Å². The van der Waals surface area contributed by atoms with Gasteiger partial charge >= 0.3 is 0 Å². The monoisotopic (exact) mass is 431 g/mol. The number of rotatable bonds is 11. The molecule has 2 aromatic rings. The van der Waals surface area contributed by atoms with Crippen molar-refractivity contribution in [1.82, 2.24) is 20.1 Å². The van der Waals surface area contributed by atoms with Crippen LogP contribution in [0.3, 0.4) is 0 Å². The molecule has 1 atom stereocenters. The third-order valence-corrected chi connectivity index (χ3v) is 5.57. The SMILES string of the molecule is CCN(CC)C(CNC(=NC)NCCCCn1ccccc1=O)c1ccccc1Cl. The summed E-state index contributed by atoms with van der Waals surface area (Å²) in [5.74, 6) is 0.774. The zero-order chi connectivity index (χ0) is 21.8. The van der Waals surface area contributed by atoms with E-state index in [-0.39, 0.29) is 11.6 Å². The molecule has 0 fully saturated rings. The van der Waals surface area contributed by atoms with Crippen molar-refractivity contribution in [2.24, 2.45) is 4.99 Å². The van der Waals surface area contributed by atoms with Crippen LogP contribution in [-0.2, 0) is 6.54 Å². The van der Waals surface area contributed by atoms with Gasteiger partial charge in [-0.25, -0.2) is 0 Å². The fourth-order valence-electron chi connectivity index (χ4n) is 3.52. The number of benzene rings is 1. The number of aliphatic imine (C=N–C) groups is 1.